The Morgan fingerprint density at radius 2 is 1.95 bits per heavy atom. The van der Waals surface area contributed by atoms with Crippen molar-refractivity contribution in [3.63, 3.8) is 0 Å². The second kappa shape index (κ2) is 6.31. The number of halogens is 1. The molecule has 1 aromatic carbocycles. The van der Waals surface area contributed by atoms with E-state index in [2.05, 4.69) is 44.1 Å². The minimum absolute atomic E-state index is 0.207. The van der Waals surface area contributed by atoms with E-state index in [1.807, 2.05) is 0 Å². The Kier molecular flexibility index (Phi) is 4.71. The first kappa shape index (κ1) is 14.9. The molecule has 1 N–H and O–H groups in total. The first-order valence-corrected chi connectivity index (χ1v) is 7.33. The van der Waals surface area contributed by atoms with Gasteiger partial charge in [0.2, 0.25) is 0 Å². The van der Waals surface area contributed by atoms with Crippen LogP contribution in [0.5, 0.6) is 0 Å². The average Bonchev–Trinajstić information content (AvgIpc) is 2.44. The van der Waals surface area contributed by atoms with Gasteiger partial charge in [0.1, 0.15) is 5.82 Å². The summed E-state index contributed by atoms with van der Waals surface area (Å²) in [6, 6.07) is 7.38. The van der Waals surface area contributed by atoms with Crippen molar-refractivity contribution in [1.29, 1.82) is 0 Å². The largest absolute Gasteiger partial charge is 0.310 e. The lowest BCUT2D eigenvalue weighted by atomic mass is 10.0. The highest BCUT2D eigenvalue weighted by molar-refractivity contribution is 5.82. The fourth-order valence-electron chi connectivity index (χ4n) is 2.16. The van der Waals surface area contributed by atoms with Crippen molar-refractivity contribution in [1.82, 2.24) is 10.3 Å². The summed E-state index contributed by atoms with van der Waals surface area (Å²) in [5.41, 5.74) is 3.06. The van der Waals surface area contributed by atoms with E-state index in [4.69, 9.17) is 0 Å². The van der Waals surface area contributed by atoms with Gasteiger partial charge in [-0.3, -0.25) is 4.98 Å². The highest BCUT2D eigenvalue weighted by atomic mass is 19.1. The van der Waals surface area contributed by atoms with Crippen LogP contribution in [-0.4, -0.2) is 11.0 Å². The molecule has 0 amide bonds. The fraction of sp³-hybridized carbons (Fsp3) is 0.471. The zero-order chi connectivity index (χ0) is 14.7. The number of benzene rings is 1. The summed E-state index contributed by atoms with van der Waals surface area (Å²) in [5.74, 6) is 0.160. The van der Waals surface area contributed by atoms with Crippen molar-refractivity contribution in [3.8, 4) is 0 Å². The summed E-state index contributed by atoms with van der Waals surface area (Å²) in [4.78, 5) is 4.63. The smallest absolute Gasteiger partial charge is 0.123 e. The van der Waals surface area contributed by atoms with Crippen molar-refractivity contribution in [3.05, 3.63) is 41.3 Å². The van der Waals surface area contributed by atoms with Gasteiger partial charge in [0.05, 0.1) is 5.52 Å². The molecule has 3 heteroatoms. The maximum absolute atomic E-state index is 13.5. The Morgan fingerprint density at radius 3 is 2.60 bits per heavy atom. The molecule has 108 valence electrons. The molecule has 0 fully saturated rings. The van der Waals surface area contributed by atoms with Crippen molar-refractivity contribution in [2.75, 3.05) is 0 Å². The van der Waals surface area contributed by atoms with Gasteiger partial charge >= 0.3 is 0 Å². The third-order valence-corrected chi connectivity index (χ3v) is 3.72. The minimum Gasteiger partial charge on any atom is -0.310 e. The Labute approximate surface area is 120 Å². The lowest BCUT2D eigenvalue weighted by Gasteiger charge is -2.15. The van der Waals surface area contributed by atoms with E-state index in [9.17, 15) is 4.39 Å². The third-order valence-electron chi connectivity index (χ3n) is 3.72. The molecule has 2 rings (SSSR count). The molecule has 1 atom stereocenters. The predicted molar refractivity (Wildman–Crippen MR) is 82.4 cm³/mol. The van der Waals surface area contributed by atoms with Gasteiger partial charge < -0.3 is 5.32 Å². The summed E-state index contributed by atoms with van der Waals surface area (Å²) in [5, 5.41) is 4.38. The van der Waals surface area contributed by atoms with Crippen LogP contribution in [0.15, 0.2) is 24.3 Å². The number of rotatable bonds is 5. The normalized spacial score (nSPS) is 13.1. The Morgan fingerprint density at radius 1 is 1.20 bits per heavy atom. The molecule has 1 aromatic heterocycles. The predicted octanol–water partition coefficient (Wildman–Crippen LogP) is 4.39. The van der Waals surface area contributed by atoms with Gasteiger partial charge in [-0.2, -0.15) is 0 Å². The molecule has 20 heavy (non-hydrogen) atoms. The van der Waals surface area contributed by atoms with Gasteiger partial charge in [-0.15, -0.1) is 0 Å². The number of hydrogen-bond donors (Lipinski definition) is 1. The first-order valence-electron chi connectivity index (χ1n) is 7.33. The van der Waals surface area contributed by atoms with E-state index in [0.29, 0.717) is 12.0 Å². The quantitative estimate of drug-likeness (QED) is 0.875. The zero-order valence-electron chi connectivity index (χ0n) is 12.7. The third kappa shape index (κ3) is 3.34. The van der Waals surface area contributed by atoms with Crippen LogP contribution < -0.4 is 5.32 Å². The number of hydrogen-bond acceptors (Lipinski definition) is 2. The standard InChI is InChI=1S/C17H23FN2/c1-5-12(4)19-10-13-8-17(11(2)3)20-16-7-6-14(18)9-15(13)16/h6-9,11-12,19H,5,10H2,1-4H3. The van der Waals surface area contributed by atoms with Crippen molar-refractivity contribution >= 4 is 10.9 Å². The molecule has 0 aliphatic heterocycles. The lowest BCUT2D eigenvalue weighted by molar-refractivity contribution is 0.535. The molecule has 0 bridgehead atoms. The van der Waals surface area contributed by atoms with E-state index in [1.165, 1.54) is 6.07 Å². The SMILES string of the molecule is CCC(C)NCc1cc(C(C)C)nc2ccc(F)cc12. The van der Waals surface area contributed by atoms with E-state index < -0.39 is 0 Å². The molecule has 1 heterocycles. The lowest BCUT2D eigenvalue weighted by Crippen LogP contribution is -2.24. The van der Waals surface area contributed by atoms with Crippen LogP contribution in [0.25, 0.3) is 10.9 Å². The molecular formula is C17H23FN2. The topological polar surface area (TPSA) is 24.9 Å². The Hall–Kier alpha value is -1.48. The number of nitrogens with zero attached hydrogens (tertiary/aromatic N) is 1. The average molecular weight is 274 g/mol. The number of fused-ring (bicyclic) bond motifs is 1. The van der Waals surface area contributed by atoms with Gasteiger partial charge in [0.15, 0.2) is 0 Å². The minimum atomic E-state index is -0.207. The molecule has 0 aliphatic carbocycles. The van der Waals surface area contributed by atoms with E-state index >= 15 is 0 Å². The highest BCUT2D eigenvalue weighted by Crippen LogP contribution is 2.23. The van der Waals surface area contributed by atoms with Gasteiger partial charge in [0.25, 0.3) is 0 Å². The van der Waals surface area contributed by atoms with Crippen LogP contribution >= 0.6 is 0 Å². The summed E-state index contributed by atoms with van der Waals surface area (Å²) < 4.78 is 13.5. The monoisotopic (exact) mass is 274 g/mol. The van der Waals surface area contributed by atoms with Gasteiger partial charge in [-0.1, -0.05) is 20.8 Å². The maximum atomic E-state index is 13.5. The van der Waals surface area contributed by atoms with Crippen molar-refractivity contribution in [2.24, 2.45) is 0 Å². The van der Waals surface area contributed by atoms with Gasteiger partial charge in [0, 0.05) is 23.7 Å². The van der Waals surface area contributed by atoms with Crippen LogP contribution in [-0.2, 0) is 6.54 Å². The zero-order valence-corrected chi connectivity index (χ0v) is 12.7. The van der Waals surface area contributed by atoms with Crippen LogP contribution in [0.1, 0.15) is 51.3 Å². The highest BCUT2D eigenvalue weighted by Gasteiger charge is 2.10. The van der Waals surface area contributed by atoms with Gasteiger partial charge in [-0.05, 0) is 49.1 Å². The van der Waals surface area contributed by atoms with Gasteiger partial charge in [-0.25, -0.2) is 4.39 Å². The van der Waals surface area contributed by atoms with E-state index in [-0.39, 0.29) is 5.82 Å². The Bertz CT molecular complexity index is 593. The number of aromatic nitrogens is 1. The molecule has 0 saturated heterocycles. The molecule has 0 saturated carbocycles. The van der Waals surface area contributed by atoms with Crippen LogP contribution in [0.4, 0.5) is 4.39 Å². The number of pyridine rings is 1. The van der Waals surface area contributed by atoms with Crippen LogP contribution in [0, 0.1) is 5.82 Å². The number of nitrogens with one attached hydrogen (secondary N) is 1. The fourth-order valence-corrected chi connectivity index (χ4v) is 2.16. The molecular weight excluding hydrogens is 251 g/mol. The van der Waals surface area contributed by atoms with Crippen LogP contribution in [0.2, 0.25) is 0 Å². The van der Waals surface area contributed by atoms with Crippen LogP contribution in [0.3, 0.4) is 0 Å². The second-order valence-corrected chi connectivity index (χ2v) is 5.71. The first-order chi connectivity index (χ1) is 9.51. The second-order valence-electron chi connectivity index (χ2n) is 5.71. The summed E-state index contributed by atoms with van der Waals surface area (Å²) in [7, 11) is 0. The molecule has 0 radical (unpaired) electrons. The summed E-state index contributed by atoms with van der Waals surface area (Å²) >= 11 is 0. The molecule has 1 unspecified atom stereocenters. The Balaban J connectivity index is 2.45. The van der Waals surface area contributed by atoms with E-state index in [0.717, 1.165) is 35.1 Å². The maximum Gasteiger partial charge on any atom is 0.123 e. The van der Waals surface area contributed by atoms with Crippen molar-refractivity contribution in [2.45, 2.75) is 52.6 Å². The summed E-state index contributed by atoms with van der Waals surface area (Å²) in [6.07, 6.45) is 1.08. The molecule has 2 aromatic rings. The molecule has 0 aliphatic rings. The van der Waals surface area contributed by atoms with E-state index in [1.54, 1.807) is 12.1 Å². The molecule has 0 spiro atoms. The molecule has 2 nitrogen and oxygen atoms in total. The summed E-state index contributed by atoms with van der Waals surface area (Å²) in [6.45, 7) is 9.32. The van der Waals surface area contributed by atoms with Crippen molar-refractivity contribution < 1.29 is 4.39 Å².